The van der Waals surface area contributed by atoms with Gasteiger partial charge in [0.2, 0.25) is 11.8 Å². The average Bonchev–Trinajstić information content (AvgIpc) is 2.62. The molecule has 0 saturated carbocycles. The average molecular weight is 336 g/mol. The SMILES string of the molecule is C=CC(=O)Nc1ccc(CC(=O)N2CCOc3cc(C)ccc32)cc1. The molecule has 5 nitrogen and oxygen atoms in total. The number of ether oxygens (including phenoxy) is 1. The third kappa shape index (κ3) is 3.88. The minimum atomic E-state index is -0.260. The molecule has 0 spiro atoms. The van der Waals surface area contributed by atoms with Crippen molar-refractivity contribution in [2.45, 2.75) is 13.3 Å². The van der Waals surface area contributed by atoms with Crippen LogP contribution in [-0.2, 0) is 16.0 Å². The molecule has 128 valence electrons. The smallest absolute Gasteiger partial charge is 0.247 e. The van der Waals surface area contributed by atoms with Crippen molar-refractivity contribution in [3.63, 3.8) is 0 Å². The van der Waals surface area contributed by atoms with Gasteiger partial charge in [-0.2, -0.15) is 0 Å². The Labute approximate surface area is 146 Å². The van der Waals surface area contributed by atoms with Crippen LogP contribution in [0.15, 0.2) is 55.1 Å². The van der Waals surface area contributed by atoms with Gasteiger partial charge in [-0.25, -0.2) is 0 Å². The molecule has 2 amide bonds. The monoisotopic (exact) mass is 336 g/mol. The van der Waals surface area contributed by atoms with E-state index in [0.29, 0.717) is 25.3 Å². The lowest BCUT2D eigenvalue weighted by Crippen LogP contribution is -2.38. The van der Waals surface area contributed by atoms with Gasteiger partial charge in [0.05, 0.1) is 18.7 Å². The number of hydrogen-bond donors (Lipinski definition) is 1. The minimum Gasteiger partial charge on any atom is -0.490 e. The molecule has 1 N–H and O–H groups in total. The maximum absolute atomic E-state index is 12.7. The van der Waals surface area contributed by atoms with Crippen LogP contribution < -0.4 is 15.0 Å². The Bertz CT molecular complexity index is 812. The first kappa shape index (κ1) is 16.8. The number of benzene rings is 2. The summed E-state index contributed by atoms with van der Waals surface area (Å²) in [5, 5.41) is 2.68. The molecule has 2 aromatic carbocycles. The lowest BCUT2D eigenvalue weighted by Gasteiger charge is -2.30. The summed E-state index contributed by atoms with van der Waals surface area (Å²) in [4.78, 5) is 25.8. The van der Waals surface area contributed by atoms with Crippen LogP contribution in [0.1, 0.15) is 11.1 Å². The van der Waals surface area contributed by atoms with E-state index in [4.69, 9.17) is 4.74 Å². The highest BCUT2D eigenvalue weighted by Crippen LogP contribution is 2.32. The summed E-state index contributed by atoms with van der Waals surface area (Å²) >= 11 is 0. The lowest BCUT2D eigenvalue weighted by atomic mass is 10.1. The molecule has 0 aliphatic carbocycles. The Kier molecular flexibility index (Phi) is 4.84. The Morgan fingerprint density at radius 1 is 1.24 bits per heavy atom. The third-order valence-electron chi connectivity index (χ3n) is 4.04. The van der Waals surface area contributed by atoms with Gasteiger partial charge in [-0.05, 0) is 48.4 Å². The fourth-order valence-corrected chi connectivity index (χ4v) is 2.76. The van der Waals surface area contributed by atoms with E-state index in [1.807, 2.05) is 37.3 Å². The molecule has 5 heteroatoms. The molecule has 0 fully saturated rings. The zero-order valence-electron chi connectivity index (χ0n) is 14.1. The molecule has 0 saturated heterocycles. The maximum atomic E-state index is 12.7. The van der Waals surface area contributed by atoms with Gasteiger partial charge in [0.25, 0.3) is 0 Å². The molecular formula is C20H20N2O3. The van der Waals surface area contributed by atoms with Crippen molar-refractivity contribution >= 4 is 23.2 Å². The van der Waals surface area contributed by atoms with Gasteiger partial charge in [-0.3, -0.25) is 9.59 Å². The maximum Gasteiger partial charge on any atom is 0.247 e. The van der Waals surface area contributed by atoms with Crippen molar-refractivity contribution in [1.82, 2.24) is 0 Å². The Morgan fingerprint density at radius 3 is 2.72 bits per heavy atom. The molecule has 1 heterocycles. The van der Waals surface area contributed by atoms with Crippen LogP contribution in [0.25, 0.3) is 0 Å². The number of carbonyl (C=O) groups excluding carboxylic acids is 2. The highest BCUT2D eigenvalue weighted by Gasteiger charge is 2.23. The van der Waals surface area contributed by atoms with Crippen molar-refractivity contribution in [2.75, 3.05) is 23.4 Å². The molecular weight excluding hydrogens is 316 g/mol. The fourth-order valence-electron chi connectivity index (χ4n) is 2.76. The second-order valence-corrected chi connectivity index (χ2v) is 5.93. The molecule has 2 aromatic rings. The van der Waals surface area contributed by atoms with E-state index in [-0.39, 0.29) is 11.8 Å². The molecule has 0 atom stereocenters. The van der Waals surface area contributed by atoms with Gasteiger partial charge >= 0.3 is 0 Å². The number of amides is 2. The Morgan fingerprint density at radius 2 is 2.00 bits per heavy atom. The Hall–Kier alpha value is -3.08. The van der Waals surface area contributed by atoms with Gasteiger partial charge in [0.15, 0.2) is 0 Å². The largest absolute Gasteiger partial charge is 0.490 e. The number of carbonyl (C=O) groups is 2. The van der Waals surface area contributed by atoms with E-state index in [9.17, 15) is 9.59 Å². The zero-order chi connectivity index (χ0) is 17.8. The summed E-state index contributed by atoms with van der Waals surface area (Å²) in [6, 6.07) is 13.1. The van der Waals surface area contributed by atoms with Crippen molar-refractivity contribution in [2.24, 2.45) is 0 Å². The predicted octanol–water partition coefficient (Wildman–Crippen LogP) is 3.09. The van der Waals surface area contributed by atoms with E-state index in [1.54, 1.807) is 17.0 Å². The number of nitrogens with zero attached hydrogens (tertiary/aromatic N) is 1. The fraction of sp³-hybridized carbons (Fsp3) is 0.200. The third-order valence-corrected chi connectivity index (χ3v) is 4.04. The van der Waals surface area contributed by atoms with Crippen molar-refractivity contribution in [1.29, 1.82) is 0 Å². The first-order valence-electron chi connectivity index (χ1n) is 8.13. The predicted molar refractivity (Wildman–Crippen MR) is 98.0 cm³/mol. The molecule has 1 aliphatic heterocycles. The summed E-state index contributed by atoms with van der Waals surface area (Å²) in [6.07, 6.45) is 1.51. The molecule has 1 aliphatic rings. The van der Waals surface area contributed by atoms with Crippen LogP contribution in [0.5, 0.6) is 5.75 Å². The van der Waals surface area contributed by atoms with E-state index in [0.717, 1.165) is 22.6 Å². The summed E-state index contributed by atoms with van der Waals surface area (Å²) < 4.78 is 5.66. The van der Waals surface area contributed by atoms with E-state index in [1.165, 1.54) is 6.08 Å². The van der Waals surface area contributed by atoms with Crippen LogP contribution in [0, 0.1) is 6.92 Å². The lowest BCUT2D eigenvalue weighted by molar-refractivity contribution is -0.118. The minimum absolute atomic E-state index is 0.0243. The number of hydrogen-bond acceptors (Lipinski definition) is 3. The second kappa shape index (κ2) is 7.21. The molecule has 0 unspecified atom stereocenters. The molecule has 3 rings (SSSR count). The van der Waals surface area contributed by atoms with Crippen molar-refractivity contribution in [3.8, 4) is 5.75 Å². The number of fused-ring (bicyclic) bond motifs is 1. The first-order chi connectivity index (χ1) is 12.1. The highest BCUT2D eigenvalue weighted by atomic mass is 16.5. The first-order valence-corrected chi connectivity index (χ1v) is 8.13. The topological polar surface area (TPSA) is 58.6 Å². The quantitative estimate of drug-likeness (QED) is 0.873. The number of anilines is 2. The second-order valence-electron chi connectivity index (χ2n) is 5.93. The van der Waals surface area contributed by atoms with Gasteiger partial charge in [-0.15, -0.1) is 0 Å². The van der Waals surface area contributed by atoms with Gasteiger partial charge < -0.3 is 15.0 Å². The van der Waals surface area contributed by atoms with Crippen LogP contribution >= 0.6 is 0 Å². The standard InChI is InChI=1S/C20H20N2O3/c1-3-19(23)21-16-7-5-15(6-8-16)13-20(24)22-10-11-25-18-12-14(2)4-9-17(18)22/h3-9,12H,1,10-11,13H2,2H3,(H,21,23). The molecule has 25 heavy (non-hydrogen) atoms. The number of aryl methyl sites for hydroxylation is 1. The van der Waals surface area contributed by atoms with E-state index < -0.39 is 0 Å². The van der Waals surface area contributed by atoms with Gasteiger partial charge in [-0.1, -0.05) is 24.8 Å². The summed E-state index contributed by atoms with van der Waals surface area (Å²) in [5.74, 6) is 0.516. The van der Waals surface area contributed by atoms with Crippen LogP contribution in [-0.4, -0.2) is 25.0 Å². The number of rotatable bonds is 4. The van der Waals surface area contributed by atoms with Crippen LogP contribution in [0.4, 0.5) is 11.4 Å². The van der Waals surface area contributed by atoms with Crippen LogP contribution in [0.3, 0.4) is 0 Å². The summed E-state index contributed by atoms with van der Waals surface area (Å²) in [6.45, 7) is 6.45. The van der Waals surface area contributed by atoms with E-state index >= 15 is 0 Å². The summed E-state index contributed by atoms with van der Waals surface area (Å²) in [7, 11) is 0. The zero-order valence-corrected chi connectivity index (χ0v) is 14.1. The van der Waals surface area contributed by atoms with E-state index in [2.05, 4.69) is 11.9 Å². The highest BCUT2D eigenvalue weighted by molar-refractivity contribution is 5.99. The normalized spacial score (nSPS) is 12.8. The van der Waals surface area contributed by atoms with Crippen LogP contribution in [0.2, 0.25) is 0 Å². The Balaban J connectivity index is 1.71. The summed E-state index contributed by atoms with van der Waals surface area (Å²) in [5.41, 5.74) is 3.48. The van der Waals surface area contributed by atoms with Crippen molar-refractivity contribution in [3.05, 3.63) is 66.2 Å². The van der Waals surface area contributed by atoms with Gasteiger partial charge in [0, 0.05) is 5.69 Å². The van der Waals surface area contributed by atoms with Gasteiger partial charge in [0.1, 0.15) is 12.4 Å². The number of nitrogens with one attached hydrogen (secondary N) is 1. The molecule has 0 radical (unpaired) electrons. The molecule has 0 aromatic heterocycles. The van der Waals surface area contributed by atoms with Crippen molar-refractivity contribution < 1.29 is 14.3 Å². The molecule has 0 bridgehead atoms.